The van der Waals surface area contributed by atoms with E-state index in [0.717, 1.165) is 41.6 Å². The van der Waals surface area contributed by atoms with Crippen molar-refractivity contribution in [3.05, 3.63) is 48.8 Å². The average molecular weight is 346 g/mol. The number of hydrogen-bond donors (Lipinski definition) is 1. The summed E-state index contributed by atoms with van der Waals surface area (Å²) < 4.78 is 7.48. The fraction of sp³-hybridized carbons (Fsp3) is 0.263. The van der Waals surface area contributed by atoms with E-state index in [2.05, 4.69) is 15.4 Å². The van der Waals surface area contributed by atoms with Crippen LogP contribution in [-0.2, 0) is 4.74 Å². The van der Waals surface area contributed by atoms with Crippen molar-refractivity contribution in [2.24, 2.45) is 0 Å². The van der Waals surface area contributed by atoms with Gasteiger partial charge in [0.25, 0.3) is 0 Å². The predicted molar refractivity (Wildman–Crippen MR) is 99.0 cm³/mol. The molecule has 7 heteroatoms. The maximum atomic E-state index is 5.70. The fourth-order valence-corrected chi connectivity index (χ4v) is 3.30. The summed E-state index contributed by atoms with van der Waals surface area (Å²) in [7, 11) is 0. The van der Waals surface area contributed by atoms with Gasteiger partial charge in [-0.15, -0.1) is 5.10 Å². The van der Waals surface area contributed by atoms with Crippen LogP contribution >= 0.6 is 0 Å². The molecular weight excluding hydrogens is 328 g/mol. The summed E-state index contributed by atoms with van der Waals surface area (Å²) in [5.41, 5.74) is 2.55. The minimum absolute atomic E-state index is 0.222. The van der Waals surface area contributed by atoms with Gasteiger partial charge in [-0.2, -0.15) is 4.52 Å². The highest BCUT2D eigenvalue weighted by Crippen LogP contribution is 2.24. The normalized spacial score (nSPS) is 17.2. The van der Waals surface area contributed by atoms with Gasteiger partial charge < -0.3 is 10.1 Å². The molecule has 4 aromatic rings. The molecule has 1 aromatic carbocycles. The number of hydrogen-bond acceptors (Lipinski definition) is 6. The first kappa shape index (κ1) is 15.2. The second-order valence-corrected chi connectivity index (χ2v) is 6.38. The summed E-state index contributed by atoms with van der Waals surface area (Å²) >= 11 is 0. The van der Waals surface area contributed by atoms with Crippen molar-refractivity contribution in [3.8, 4) is 11.4 Å². The third-order valence-corrected chi connectivity index (χ3v) is 4.61. The zero-order valence-corrected chi connectivity index (χ0v) is 14.2. The smallest absolute Gasteiger partial charge is 0.226 e. The predicted octanol–water partition coefficient (Wildman–Crippen LogP) is 2.93. The van der Waals surface area contributed by atoms with Crippen LogP contribution in [0.4, 0.5) is 5.95 Å². The first-order valence-corrected chi connectivity index (χ1v) is 8.80. The van der Waals surface area contributed by atoms with Gasteiger partial charge in [0, 0.05) is 36.5 Å². The number of ether oxygens (including phenoxy) is 1. The zero-order chi connectivity index (χ0) is 17.3. The van der Waals surface area contributed by atoms with Gasteiger partial charge in [-0.3, -0.25) is 4.98 Å². The van der Waals surface area contributed by atoms with E-state index in [0.29, 0.717) is 18.3 Å². The minimum atomic E-state index is 0.222. The number of aromatic nitrogens is 5. The molecule has 1 N–H and O–H groups in total. The van der Waals surface area contributed by atoms with E-state index in [9.17, 15) is 0 Å². The molecule has 0 spiro atoms. The first-order chi connectivity index (χ1) is 12.9. The van der Waals surface area contributed by atoms with Crippen LogP contribution in [0.1, 0.15) is 12.8 Å². The molecule has 0 amide bonds. The molecule has 4 heterocycles. The second-order valence-electron chi connectivity index (χ2n) is 6.38. The van der Waals surface area contributed by atoms with Gasteiger partial charge in [-0.1, -0.05) is 12.1 Å². The highest BCUT2D eigenvalue weighted by molar-refractivity contribution is 5.92. The summed E-state index contributed by atoms with van der Waals surface area (Å²) in [5.74, 6) is 1.31. The molecule has 7 nitrogen and oxygen atoms in total. The van der Waals surface area contributed by atoms with Crippen LogP contribution in [0.15, 0.2) is 48.8 Å². The molecule has 0 saturated carbocycles. The molecule has 0 radical (unpaired) electrons. The van der Waals surface area contributed by atoms with Crippen molar-refractivity contribution in [1.29, 1.82) is 0 Å². The molecule has 1 aliphatic heterocycles. The molecule has 1 saturated heterocycles. The molecule has 5 rings (SSSR count). The van der Waals surface area contributed by atoms with Crippen molar-refractivity contribution in [3.63, 3.8) is 0 Å². The molecule has 1 atom stereocenters. The monoisotopic (exact) mass is 346 g/mol. The van der Waals surface area contributed by atoms with Gasteiger partial charge in [0.2, 0.25) is 5.95 Å². The number of benzene rings is 1. The molecule has 3 aromatic heterocycles. The van der Waals surface area contributed by atoms with Crippen LogP contribution in [0.5, 0.6) is 0 Å². The maximum absolute atomic E-state index is 5.70. The first-order valence-electron chi connectivity index (χ1n) is 8.80. The van der Waals surface area contributed by atoms with Crippen molar-refractivity contribution in [2.45, 2.75) is 18.9 Å². The molecular formula is C19H18N6O. The van der Waals surface area contributed by atoms with Crippen molar-refractivity contribution >= 4 is 22.5 Å². The SMILES string of the molecule is c1cncc(-c2nc3c4ccccc4nc(NC[C@H]4CCCO4)n3n2)c1. The van der Waals surface area contributed by atoms with E-state index >= 15 is 0 Å². The lowest BCUT2D eigenvalue weighted by Gasteiger charge is -2.12. The van der Waals surface area contributed by atoms with Gasteiger partial charge in [0.15, 0.2) is 11.5 Å². The summed E-state index contributed by atoms with van der Waals surface area (Å²) in [6.07, 6.45) is 5.91. The lowest BCUT2D eigenvalue weighted by atomic mass is 10.2. The van der Waals surface area contributed by atoms with E-state index in [-0.39, 0.29) is 6.10 Å². The molecule has 0 unspecified atom stereocenters. The molecule has 0 bridgehead atoms. The molecule has 1 aliphatic rings. The quantitative estimate of drug-likeness (QED) is 0.612. The lowest BCUT2D eigenvalue weighted by molar-refractivity contribution is 0.120. The maximum Gasteiger partial charge on any atom is 0.226 e. The minimum Gasteiger partial charge on any atom is -0.376 e. The lowest BCUT2D eigenvalue weighted by Crippen LogP contribution is -2.20. The van der Waals surface area contributed by atoms with Gasteiger partial charge in [0.05, 0.1) is 11.6 Å². The Kier molecular flexibility index (Phi) is 3.71. The van der Waals surface area contributed by atoms with Crippen LogP contribution < -0.4 is 5.32 Å². The van der Waals surface area contributed by atoms with Crippen LogP contribution in [0.25, 0.3) is 27.9 Å². The Morgan fingerprint density at radius 1 is 1.15 bits per heavy atom. The topological polar surface area (TPSA) is 77.2 Å². The number of anilines is 1. The Hall–Kier alpha value is -3.06. The number of pyridine rings is 1. The summed E-state index contributed by atoms with van der Waals surface area (Å²) in [6.45, 7) is 1.55. The number of fused-ring (bicyclic) bond motifs is 3. The molecule has 26 heavy (non-hydrogen) atoms. The average Bonchev–Trinajstić information content (AvgIpc) is 3.37. The highest BCUT2D eigenvalue weighted by Gasteiger charge is 2.18. The Morgan fingerprint density at radius 2 is 2.12 bits per heavy atom. The van der Waals surface area contributed by atoms with E-state index in [1.807, 2.05) is 36.4 Å². The summed E-state index contributed by atoms with van der Waals surface area (Å²) in [4.78, 5) is 13.7. The number of nitrogens with zero attached hydrogens (tertiary/aromatic N) is 5. The zero-order valence-electron chi connectivity index (χ0n) is 14.2. The van der Waals surface area contributed by atoms with Gasteiger partial charge >= 0.3 is 0 Å². The van der Waals surface area contributed by atoms with Crippen molar-refractivity contribution < 1.29 is 4.74 Å². The van der Waals surface area contributed by atoms with Crippen LogP contribution in [0, 0.1) is 0 Å². The van der Waals surface area contributed by atoms with Crippen LogP contribution in [-0.4, -0.2) is 43.8 Å². The fourth-order valence-electron chi connectivity index (χ4n) is 3.30. The van der Waals surface area contributed by atoms with Crippen molar-refractivity contribution in [1.82, 2.24) is 24.6 Å². The molecule has 1 fully saturated rings. The summed E-state index contributed by atoms with van der Waals surface area (Å²) in [5, 5.41) is 9.04. The van der Waals surface area contributed by atoms with E-state index < -0.39 is 0 Å². The van der Waals surface area contributed by atoms with Crippen molar-refractivity contribution in [2.75, 3.05) is 18.5 Å². The standard InChI is InChI=1S/C19H18N6O/c1-2-8-16-15(7-1)18-23-17(13-5-3-9-20-11-13)24-25(18)19(22-16)21-12-14-6-4-10-26-14/h1-3,5,7-9,11,14H,4,6,10,12H2,(H,21,22)/t14-/m1/s1. The number of para-hydroxylation sites is 1. The Bertz CT molecular complexity index is 1060. The van der Waals surface area contributed by atoms with E-state index in [1.165, 1.54) is 0 Å². The van der Waals surface area contributed by atoms with Gasteiger partial charge in [-0.05, 0) is 37.1 Å². The second kappa shape index (κ2) is 6.34. The third kappa shape index (κ3) is 2.66. The third-order valence-electron chi connectivity index (χ3n) is 4.61. The Balaban J connectivity index is 1.63. The largest absolute Gasteiger partial charge is 0.376 e. The summed E-state index contributed by atoms with van der Waals surface area (Å²) in [6, 6.07) is 11.8. The molecule has 130 valence electrons. The highest BCUT2D eigenvalue weighted by atomic mass is 16.5. The van der Waals surface area contributed by atoms with Crippen LogP contribution in [0.2, 0.25) is 0 Å². The number of rotatable bonds is 4. The van der Waals surface area contributed by atoms with Crippen LogP contribution in [0.3, 0.4) is 0 Å². The van der Waals surface area contributed by atoms with E-state index in [1.54, 1.807) is 16.9 Å². The van der Waals surface area contributed by atoms with Gasteiger partial charge in [-0.25, -0.2) is 9.97 Å². The Morgan fingerprint density at radius 3 is 2.96 bits per heavy atom. The van der Waals surface area contributed by atoms with E-state index in [4.69, 9.17) is 14.7 Å². The molecule has 0 aliphatic carbocycles. The Labute approximate surface area is 150 Å². The number of nitrogens with one attached hydrogen (secondary N) is 1. The van der Waals surface area contributed by atoms with Gasteiger partial charge in [0.1, 0.15) is 0 Å².